The number of aliphatic hydroxyl groups is 1. The highest BCUT2D eigenvalue weighted by atomic mass is 35.5. The highest BCUT2D eigenvalue weighted by Gasteiger charge is 2.30. The van der Waals surface area contributed by atoms with Crippen molar-refractivity contribution in [3.05, 3.63) is 95.6 Å². The molecule has 0 aliphatic rings. The Morgan fingerprint density at radius 3 is 1.91 bits per heavy atom. The Hall–Kier alpha value is -3.55. The van der Waals surface area contributed by atoms with Crippen molar-refractivity contribution < 1.29 is 29.3 Å². The zero-order chi connectivity index (χ0) is 23.6. The number of amides is 1. The quantitative estimate of drug-likeness (QED) is 0.370. The van der Waals surface area contributed by atoms with Crippen LogP contribution >= 0.6 is 11.6 Å². The Bertz CT molecular complexity index is 1060. The predicted octanol–water partition coefficient (Wildman–Crippen LogP) is 3.69. The number of aliphatic carboxylic acids is 1. The standard InChI is InChI=1S/C25H24ClNO6/c26-14-22(28)27-23(25(30)31)24(29)19-11-12-20(32-15-17-7-3-1-4-8-17)21(13-19)33-16-18-9-5-2-6-10-18/h1-13,23-24,29H,14-16H2,(H,27,28)(H,30,31)/t23-,24?/m0/s1. The number of halogens is 1. The van der Waals surface area contributed by atoms with Crippen molar-refractivity contribution in [1.82, 2.24) is 5.32 Å². The van der Waals surface area contributed by atoms with Gasteiger partial charge in [0.25, 0.3) is 0 Å². The zero-order valence-corrected chi connectivity index (χ0v) is 18.4. The molecule has 3 aromatic carbocycles. The predicted molar refractivity (Wildman–Crippen MR) is 123 cm³/mol. The van der Waals surface area contributed by atoms with Crippen LogP contribution in [0.3, 0.4) is 0 Å². The zero-order valence-electron chi connectivity index (χ0n) is 17.7. The number of carboxylic acid groups (broad SMARTS) is 1. The fraction of sp³-hybridized carbons (Fsp3) is 0.200. The summed E-state index contributed by atoms with van der Waals surface area (Å²) in [4.78, 5) is 23.2. The Morgan fingerprint density at radius 2 is 1.39 bits per heavy atom. The third kappa shape index (κ3) is 6.97. The van der Waals surface area contributed by atoms with Gasteiger partial charge in [0.2, 0.25) is 5.91 Å². The molecule has 0 radical (unpaired) electrons. The van der Waals surface area contributed by atoms with Crippen LogP contribution in [0.1, 0.15) is 22.8 Å². The summed E-state index contributed by atoms with van der Waals surface area (Å²) >= 11 is 5.46. The van der Waals surface area contributed by atoms with Gasteiger partial charge in [-0.15, -0.1) is 11.6 Å². The summed E-state index contributed by atoms with van der Waals surface area (Å²) in [6.45, 7) is 0.543. The Morgan fingerprint density at radius 1 is 0.848 bits per heavy atom. The van der Waals surface area contributed by atoms with Crippen molar-refractivity contribution in [2.45, 2.75) is 25.4 Å². The lowest BCUT2D eigenvalue weighted by Crippen LogP contribution is -2.45. The molecule has 0 saturated heterocycles. The van der Waals surface area contributed by atoms with Gasteiger partial charge in [-0.2, -0.15) is 0 Å². The maximum atomic E-state index is 11.6. The van der Waals surface area contributed by atoms with Gasteiger partial charge in [0.15, 0.2) is 17.5 Å². The van der Waals surface area contributed by atoms with Gasteiger partial charge >= 0.3 is 5.97 Å². The molecular formula is C25H24ClNO6. The fourth-order valence-corrected chi connectivity index (χ4v) is 3.17. The minimum absolute atomic E-state index is 0.243. The van der Waals surface area contributed by atoms with Crippen LogP contribution in [0.5, 0.6) is 11.5 Å². The van der Waals surface area contributed by atoms with Gasteiger partial charge in [-0.05, 0) is 28.8 Å². The SMILES string of the molecule is O=C(CCl)N[C@H](C(=O)O)C(O)c1ccc(OCc2ccccc2)c(OCc2ccccc2)c1. The molecule has 7 nitrogen and oxygen atoms in total. The number of nitrogens with one attached hydrogen (secondary N) is 1. The lowest BCUT2D eigenvalue weighted by Gasteiger charge is -2.22. The number of carboxylic acids is 1. The number of alkyl halides is 1. The van der Waals surface area contributed by atoms with Gasteiger partial charge in [0, 0.05) is 0 Å². The van der Waals surface area contributed by atoms with Crippen molar-refractivity contribution in [1.29, 1.82) is 0 Å². The molecule has 1 amide bonds. The molecule has 0 aliphatic heterocycles. The second kappa shape index (κ2) is 11.9. The minimum atomic E-state index is -1.57. The van der Waals surface area contributed by atoms with E-state index in [2.05, 4.69) is 5.32 Å². The largest absolute Gasteiger partial charge is 0.485 e. The highest BCUT2D eigenvalue weighted by molar-refractivity contribution is 6.27. The Kier molecular flexibility index (Phi) is 8.69. The van der Waals surface area contributed by atoms with Crippen molar-refractivity contribution in [2.24, 2.45) is 0 Å². The maximum Gasteiger partial charge on any atom is 0.329 e. The first-order valence-electron chi connectivity index (χ1n) is 10.2. The smallest absolute Gasteiger partial charge is 0.329 e. The molecule has 3 aromatic rings. The van der Waals surface area contributed by atoms with Crippen LogP contribution in [0.15, 0.2) is 78.9 Å². The molecular weight excluding hydrogens is 446 g/mol. The van der Waals surface area contributed by atoms with E-state index in [-0.39, 0.29) is 12.2 Å². The van der Waals surface area contributed by atoms with Crippen molar-refractivity contribution in [2.75, 3.05) is 5.88 Å². The second-order valence-corrected chi connectivity index (χ2v) is 7.48. The third-order valence-electron chi connectivity index (χ3n) is 4.80. The van der Waals surface area contributed by atoms with Crippen LogP contribution in [0.2, 0.25) is 0 Å². The lowest BCUT2D eigenvalue weighted by molar-refractivity contribution is -0.145. The fourth-order valence-electron chi connectivity index (χ4n) is 3.09. The van der Waals surface area contributed by atoms with E-state index >= 15 is 0 Å². The Balaban J connectivity index is 1.85. The monoisotopic (exact) mass is 469 g/mol. The van der Waals surface area contributed by atoms with Gasteiger partial charge < -0.3 is 25.0 Å². The van der Waals surface area contributed by atoms with Crippen LogP contribution in [-0.2, 0) is 22.8 Å². The number of hydrogen-bond acceptors (Lipinski definition) is 5. The van der Waals surface area contributed by atoms with Gasteiger partial charge in [0.1, 0.15) is 25.2 Å². The van der Waals surface area contributed by atoms with Crippen LogP contribution in [0.25, 0.3) is 0 Å². The summed E-state index contributed by atoms with van der Waals surface area (Å²) in [5.41, 5.74) is 2.13. The van der Waals surface area contributed by atoms with Gasteiger partial charge in [-0.3, -0.25) is 4.79 Å². The topological polar surface area (TPSA) is 105 Å². The van der Waals surface area contributed by atoms with Crippen LogP contribution in [0.4, 0.5) is 0 Å². The van der Waals surface area contributed by atoms with E-state index in [1.54, 1.807) is 6.07 Å². The molecule has 1 unspecified atom stereocenters. The molecule has 8 heteroatoms. The van der Waals surface area contributed by atoms with Crippen molar-refractivity contribution in [3.8, 4) is 11.5 Å². The highest BCUT2D eigenvalue weighted by Crippen LogP contribution is 2.33. The lowest BCUT2D eigenvalue weighted by atomic mass is 10.0. The van der Waals surface area contributed by atoms with Crippen molar-refractivity contribution in [3.63, 3.8) is 0 Å². The first kappa shape index (κ1) is 24.1. The van der Waals surface area contributed by atoms with Crippen molar-refractivity contribution >= 4 is 23.5 Å². The van der Waals surface area contributed by atoms with Gasteiger partial charge in [0.05, 0.1) is 0 Å². The summed E-state index contributed by atoms with van der Waals surface area (Å²) < 4.78 is 11.9. The maximum absolute atomic E-state index is 11.6. The van der Waals surface area contributed by atoms with Crippen LogP contribution < -0.4 is 14.8 Å². The summed E-state index contributed by atoms with van der Waals surface area (Å²) in [6, 6.07) is 22.2. The van der Waals surface area contributed by atoms with Crippen LogP contribution in [0, 0.1) is 0 Å². The molecule has 2 atom stereocenters. The van der Waals surface area contributed by atoms with E-state index in [4.69, 9.17) is 21.1 Å². The molecule has 0 bridgehead atoms. The molecule has 0 fully saturated rings. The van der Waals surface area contributed by atoms with Gasteiger partial charge in [-0.1, -0.05) is 66.7 Å². The molecule has 0 aromatic heterocycles. The average Bonchev–Trinajstić information content (AvgIpc) is 2.85. The van der Waals surface area contributed by atoms with E-state index in [9.17, 15) is 19.8 Å². The van der Waals surface area contributed by atoms with E-state index in [0.717, 1.165) is 11.1 Å². The molecule has 0 aliphatic carbocycles. The van der Waals surface area contributed by atoms with E-state index < -0.39 is 29.9 Å². The minimum Gasteiger partial charge on any atom is -0.485 e. The molecule has 3 rings (SSSR count). The second-order valence-electron chi connectivity index (χ2n) is 7.22. The number of rotatable bonds is 11. The average molecular weight is 470 g/mol. The number of ether oxygens (including phenoxy) is 2. The number of hydrogen-bond donors (Lipinski definition) is 3. The first-order valence-corrected chi connectivity index (χ1v) is 10.7. The molecule has 0 spiro atoms. The Labute approximate surface area is 196 Å². The summed E-state index contributed by atoms with van der Waals surface area (Å²) in [5.74, 6) is -1.75. The number of carbonyl (C=O) groups excluding carboxylic acids is 1. The number of carbonyl (C=O) groups is 2. The molecule has 0 saturated carbocycles. The van der Waals surface area contributed by atoms with Gasteiger partial charge in [-0.25, -0.2) is 4.79 Å². The van der Waals surface area contributed by atoms with E-state index in [1.165, 1.54) is 12.1 Å². The number of aliphatic hydroxyl groups excluding tert-OH is 1. The summed E-state index contributed by atoms with van der Waals surface area (Å²) in [6.07, 6.45) is -1.53. The molecule has 3 N–H and O–H groups in total. The molecule has 33 heavy (non-hydrogen) atoms. The summed E-state index contributed by atoms with van der Waals surface area (Å²) in [7, 11) is 0. The summed E-state index contributed by atoms with van der Waals surface area (Å²) in [5, 5.41) is 22.3. The molecule has 0 heterocycles. The molecule has 172 valence electrons. The van der Waals surface area contributed by atoms with E-state index in [0.29, 0.717) is 18.1 Å². The third-order valence-corrected chi connectivity index (χ3v) is 5.05. The first-order chi connectivity index (χ1) is 16.0. The van der Waals surface area contributed by atoms with Crippen LogP contribution in [-0.4, -0.2) is 34.0 Å². The number of benzene rings is 3. The van der Waals surface area contributed by atoms with E-state index in [1.807, 2.05) is 60.7 Å². The normalized spacial score (nSPS) is 12.4.